The molecule has 0 spiro atoms. The molecule has 2 saturated carbocycles. The number of hydrogen-bond acceptors (Lipinski definition) is 5. The quantitative estimate of drug-likeness (QED) is 0.457. The third kappa shape index (κ3) is 3.11. The first kappa shape index (κ1) is 17.8. The Morgan fingerprint density at radius 2 is 2.25 bits per heavy atom. The highest BCUT2D eigenvalue weighted by Gasteiger charge is 2.43. The van der Waals surface area contributed by atoms with Gasteiger partial charge in [0.1, 0.15) is 0 Å². The van der Waals surface area contributed by atoms with E-state index in [1.165, 1.54) is 37.4 Å². The minimum atomic E-state index is 0.0664. The Morgan fingerprint density at radius 1 is 1.32 bits per heavy atom. The average Bonchev–Trinajstić information content (AvgIpc) is 3.53. The molecule has 0 aliphatic heterocycles. The lowest BCUT2D eigenvalue weighted by Crippen LogP contribution is -2.23. The third-order valence-electron chi connectivity index (χ3n) is 6.46. The van der Waals surface area contributed by atoms with E-state index in [0.29, 0.717) is 17.4 Å². The zero-order valence-electron chi connectivity index (χ0n) is 15.9. The number of furan rings is 1. The molecule has 1 N–H and O–H groups in total. The van der Waals surface area contributed by atoms with E-state index in [4.69, 9.17) is 4.42 Å². The lowest BCUT2D eigenvalue weighted by molar-refractivity contribution is 0.101. The van der Waals surface area contributed by atoms with E-state index in [-0.39, 0.29) is 11.8 Å². The number of nitrogens with zero attached hydrogens (tertiary/aromatic N) is 3. The molecular weight excluding hydrogens is 372 g/mol. The molecule has 3 aromatic heterocycles. The molecule has 3 aromatic rings. The average molecular weight is 397 g/mol. The van der Waals surface area contributed by atoms with Crippen LogP contribution in [0.4, 0.5) is 0 Å². The summed E-state index contributed by atoms with van der Waals surface area (Å²) in [6.45, 7) is 2.28. The SMILES string of the molecule is C[C@@H]([C@H]1C[C@H]2CC[C@H]1C2)n1c(SCC(=O)c2ccc[nH]2)nnc1-c1ccco1. The van der Waals surface area contributed by atoms with E-state index in [0.717, 1.165) is 28.6 Å². The molecule has 6 nitrogen and oxygen atoms in total. The Balaban J connectivity index is 1.43. The van der Waals surface area contributed by atoms with Gasteiger partial charge in [0, 0.05) is 12.2 Å². The Labute approximate surface area is 168 Å². The maximum Gasteiger partial charge on any atom is 0.200 e. The van der Waals surface area contributed by atoms with E-state index < -0.39 is 0 Å². The summed E-state index contributed by atoms with van der Waals surface area (Å²) in [7, 11) is 0. The fourth-order valence-corrected chi connectivity index (χ4v) is 6.01. The maximum atomic E-state index is 12.4. The molecule has 3 heterocycles. The van der Waals surface area contributed by atoms with Gasteiger partial charge in [-0.2, -0.15) is 0 Å². The molecule has 7 heteroatoms. The number of fused-ring (bicyclic) bond motifs is 2. The van der Waals surface area contributed by atoms with Crippen molar-refractivity contribution in [3.8, 4) is 11.6 Å². The molecule has 2 aliphatic rings. The molecule has 4 atom stereocenters. The highest BCUT2D eigenvalue weighted by atomic mass is 32.2. The number of aromatic amines is 1. The summed E-state index contributed by atoms with van der Waals surface area (Å²) in [4.78, 5) is 15.4. The molecule has 0 amide bonds. The molecule has 2 fully saturated rings. The molecule has 146 valence electrons. The van der Waals surface area contributed by atoms with Crippen LogP contribution < -0.4 is 0 Å². The van der Waals surface area contributed by atoms with Gasteiger partial charge >= 0.3 is 0 Å². The minimum absolute atomic E-state index is 0.0664. The Morgan fingerprint density at radius 3 is 2.93 bits per heavy atom. The van der Waals surface area contributed by atoms with Crippen LogP contribution in [0.25, 0.3) is 11.6 Å². The summed E-state index contributed by atoms with van der Waals surface area (Å²) in [5.41, 5.74) is 0.631. The van der Waals surface area contributed by atoms with Gasteiger partial charge in [0.25, 0.3) is 0 Å². The van der Waals surface area contributed by atoms with Crippen molar-refractivity contribution in [2.24, 2.45) is 17.8 Å². The number of hydrogen-bond donors (Lipinski definition) is 1. The largest absolute Gasteiger partial charge is 0.461 e. The van der Waals surface area contributed by atoms with Gasteiger partial charge < -0.3 is 9.40 Å². The summed E-state index contributed by atoms with van der Waals surface area (Å²) in [5, 5.41) is 9.66. The predicted molar refractivity (Wildman–Crippen MR) is 107 cm³/mol. The zero-order valence-corrected chi connectivity index (χ0v) is 16.7. The minimum Gasteiger partial charge on any atom is -0.461 e. The van der Waals surface area contributed by atoms with Crippen LogP contribution in [0.1, 0.15) is 49.1 Å². The van der Waals surface area contributed by atoms with Crippen molar-refractivity contribution in [2.75, 3.05) is 5.75 Å². The van der Waals surface area contributed by atoms with Crippen LogP contribution in [0, 0.1) is 17.8 Å². The fourth-order valence-electron chi connectivity index (χ4n) is 5.10. The second-order valence-corrected chi connectivity index (χ2v) is 8.97. The van der Waals surface area contributed by atoms with E-state index >= 15 is 0 Å². The summed E-state index contributed by atoms with van der Waals surface area (Å²) < 4.78 is 7.83. The van der Waals surface area contributed by atoms with Crippen LogP contribution in [0.15, 0.2) is 46.3 Å². The molecule has 0 unspecified atom stereocenters. The van der Waals surface area contributed by atoms with Gasteiger partial charge in [-0.05, 0) is 68.2 Å². The lowest BCUT2D eigenvalue weighted by Gasteiger charge is -2.30. The molecule has 2 aliphatic carbocycles. The highest BCUT2D eigenvalue weighted by Crippen LogP contribution is 2.52. The number of thioether (sulfide) groups is 1. The Bertz CT molecular complexity index is 947. The molecule has 0 radical (unpaired) electrons. The number of carbonyl (C=O) groups is 1. The monoisotopic (exact) mass is 396 g/mol. The van der Waals surface area contributed by atoms with E-state index in [2.05, 4.69) is 26.7 Å². The smallest absolute Gasteiger partial charge is 0.200 e. The number of ketones is 1. The van der Waals surface area contributed by atoms with Gasteiger partial charge in [-0.25, -0.2) is 0 Å². The molecular formula is C21H24N4O2S. The van der Waals surface area contributed by atoms with Crippen LogP contribution in [-0.4, -0.2) is 31.3 Å². The summed E-state index contributed by atoms with van der Waals surface area (Å²) >= 11 is 1.46. The molecule has 0 aromatic carbocycles. The van der Waals surface area contributed by atoms with Crippen LogP contribution in [0.3, 0.4) is 0 Å². The Hall–Kier alpha value is -2.28. The van der Waals surface area contributed by atoms with E-state index in [9.17, 15) is 4.79 Å². The third-order valence-corrected chi connectivity index (χ3v) is 7.40. The van der Waals surface area contributed by atoms with Crippen molar-refractivity contribution in [3.05, 3.63) is 42.4 Å². The molecule has 0 saturated heterocycles. The van der Waals surface area contributed by atoms with Gasteiger partial charge in [0.05, 0.1) is 17.7 Å². The first-order chi connectivity index (χ1) is 13.7. The normalized spacial score (nSPS) is 24.7. The number of Topliss-reactive ketones (excluding diaryl/α,β-unsaturated/α-hetero) is 1. The van der Waals surface area contributed by atoms with Gasteiger partial charge in [-0.15, -0.1) is 10.2 Å². The number of H-pyrrole nitrogens is 1. The summed E-state index contributed by atoms with van der Waals surface area (Å²) in [6, 6.07) is 7.73. The fraction of sp³-hybridized carbons (Fsp3) is 0.476. The van der Waals surface area contributed by atoms with E-state index in [1.807, 2.05) is 18.2 Å². The second kappa shape index (κ2) is 7.28. The number of aromatic nitrogens is 4. The van der Waals surface area contributed by atoms with Crippen molar-refractivity contribution in [1.82, 2.24) is 19.7 Å². The van der Waals surface area contributed by atoms with Crippen molar-refractivity contribution < 1.29 is 9.21 Å². The van der Waals surface area contributed by atoms with Crippen molar-refractivity contribution in [1.29, 1.82) is 0 Å². The second-order valence-electron chi connectivity index (χ2n) is 8.03. The predicted octanol–water partition coefficient (Wildman–Crippen LogP) is 4.84. The summed E-state index contributed by atoms with van der Waals surface area (Å²) in [5.74, 6) is 4.20. The van der Waals surface area contributed by atoms with Gasteiger partial charge in [-0.1, -0.05) is 18.2 Å². The molecule has 28 heavy (non-hydrogen) atoms. The molecule has 5 rings (SSSR count). The van der Waals surface area contributed by atoms with Crippen molar-refractivity contribution in [3.63, 3.8) is 0 Å². The van der Waals surface area contributed by atoms with Crippen LogP contribution in [0.5, 0.6) is 0 Å². The van der Waals surface area contributed by atoms with Crippen molar-refractivity contribution >= 4 is 17.5 Å². The number of carbonyl (C=O) groups excluding carboxylic acids is 1. The molecule has 2 bridgehead atoms. The number of nitrogens with one attached hydrogen (secondary N) is 1. The van der Waals surface area contributed by atoms with Gasteiger partial charge in [0.2, 0.25) is 5.82 Å². The summed E-state index contributed by atoms with van der Waals surface area (Å²) in [6.07, 6.45) is 8.80. The van der Waals surface area contributed by atoms with Crippen LogP contribution in [0.2, 0.25) is 0 Å². The van der Waals surface area contributed by atoms with Crippen LogP contribution >= 0.6 is 11.8 Å². The standard InChI is InChI=1S/C21H24N4O2S/c1-13(16-11-14-6-7-15(16)10-14)25-20(19-5-3-9-27-19)23-24-21(25)28-12-18(26)17-4-2-8-22-17/h2-5,8-9,13-16,22H,6-7,10-12H2,1H3/t13-,14-,15-,16+/m0/s1. The van der Waals surface area contributed by atoms with Crippen LogP contribution in [-0.2, 0) is 0 Å². The first-order valence-electron chi connectivity index (χ1n) is 9.99. The number of rotatable bonds is 7. The maximum absolute atomic E-state index is 12.4. The van der Waals surface area contributed by atoms with E-state index in [1.54, 1.807) is 18.5 Å². The topological polar surface area (TPSA) is 76.7 Å². The first-order valence-corrected chi connectivity index (χ1v) is 11.0. The van der Waals surface area contributed by atoms with Gasteiger partial charge in [-0.3, -0.25) is 9.36 Å². The van der Waals surface area contributed by atoms with Gasteiger partial charge in [0.15, 0.2) is 16.7 Å². The highest BCUT2D eigenvalue weighted by molar-refractivity contribution is 7.99. The van der Waals surface area contributed by atoms with Crippen molar-refractivity contribution in [2.45, 2.75) is 43.8 Å². The lowest BCUT2D eigenvalue weighted by atomic mass is 9.84. The zero-order chi connectivity index (χ0) is 19.1. The Kier molecular flexibility index (Phi) is 4.62.